The number of nitrogens with zero attached hydrogens (tertiary/aromatic N) is 1. The van der Waals surface area contributed by atoms with E-state index in [1.54, 1.807) is 6.08 Å². The lowest BCUT2D eigenvalue weighted by molar-refractivity contribution is 0.117. The molecule has 82 valence electrons. The first kappa shape index (κ1) is 9.44. The minimum Gasteiger partial charge on any atom is -0.472 e. The van der Waals surface area contributed by atoms with E-state index in [0.29, 0.717) is 28.9 Å². The van der Waals surface area contributed by atoms with Gasteiger partial charge in [-0.1, -0.05) is 27.4 Å². The number of hydrogen-bond acceptors (Lipinski definition) is 2. The quantitative estimate of drug-likeness (QED) is 0.645. The molecule has 1 heterocycles. The Morgan fingerprint density at radius 2 is 2.20 bits per heavy atom. The second kappa shape index (κ2) is 2.47. The molecular formula is C13H19NO. The van der Waals surface area contributed by atoms with Crippen LogP contribution in [-0.4, -0.2) is 18.0 Å². The Bertz CT molecular complexity index is 358. The summed E-state index contributed by atoms with van der Waals surface area (Å²) in [6, 6.07) is 0.374. The predicted octanol–water partition coefficient (Wildman–Crippen LogP) is 2.79. The van der Waals surface area contributed by atoms with Crippen LogP contribution in [0.5, 0.6) is 0 Å². The molecule has 0 spiro atoms. The first-order valence-corrected chi connectivity index (χ1v) is 5.87. The van der Waals surface area contributed by atoms with Gasteiger partial charge in [-0.15, -0.1) is 0 Å². The third kappa shape index (κ3) is 0.849. The minimum absolute atomic E-state index is 0.326. The van der Waals surface area contributed by atoms with Crippen molar-refractivity contribution in [3.05, 3.63) is 12.7 Å². The maximum atomic E-state index is 5.90. The maximum Gasteiger partial charge on any atom is 0.208 e. The smallest absolute Gasteiger partial charge is 0.208 e. The number of aliphatic imine (C=N–C) groups is 1. The summed E-state index contributed by atoms with van der Waals surface area (Å²) in [6.45, 7) is 10.9. The van der Waals surface area contributed by atoms with Crippen molar-refractivity contribution in [2.24, 2.45) is 21.7 Å². The Morgan fingerprint density at radius 3 is 2.80 bits per heavy atom. The van der Waals surface area contributed by atoms with Gasteiger partial charge < -0.3 is 4.74 Å². The fourth-order valence-corrected chi connectivity index (χ4v) is 4.02. The van der Waals surface area contributed by atoms with Gasteiger partial charge in [0.25, 0.3) is 0 Å². The molecule has 2 aliphatic carbocycles. The van der Waals surface area contributed by atoms with Crippen molar-refractivity contribution in [1.29, 1.82) is 0 Å². The summed E-state index contributed by atoms with van der Waals surface area (Å²) in [5.41, 5.74) is 0.700. The van der Waals surface area contributed by atoms with Crippen LogP contribution in [-0.2, 0) is 4.74 Å². The van der Waals surface area contributed by atoms with Gasteiger partial charge in [-0.25, -0.2) is 4.99 Å². The molecule has 2 heteroatoms. The van der Waals surface area contributed by atoms with E-state index in [1.807, 2.05) is 0 Å². The molecule has 0 aromatic heterocycles. The topological polar surface area (TPSA) is 21.6 Å². The highest BCUT2D eigenvalue weighted by Crippen LogP contribution is 2.67. The molecule has 2 bridgehead atoms. The Morgan fingerprint density at radius 1 is 1.47 bits per heavy atom. The van der Waals surface area contributed by atoms with Crippen molar-refractivity contribution in [2.45, 2.75) is 45.8 Å². The van der Waals surface area contributed by atoms with E-state index in [-0.39, 0.29) is 0 Å². The second-order valence-electron chi connectivity index (χ2n) is 5.98. The summed E-state index contributed by atoms with van der Waals surface area (Å²) in [6.07, 6.45) is 4.66. The highest BCUT2D eigenvalue weighted by Gasteiger charge is 2.68. The first-order valence-electron chi connectivity index (χ1n) is 5.87. The molecule has 15 heavy (non-hydrogen) atoms. The highest BCUT2D eigenvalue weighted by molar-refractivity contribution is 5.89. The summed E-state index contributed by atoms with van der Waals surface area (Å²) in [4.78, 5) is 4.69. The lowest BCUT2D eigenvalue weighted by Crippen LogP contribution is -2.36. The molecule has 1 aliphatic heterocycles. The molecule has 0 radical (unpaired) electrons. The van der Waals surface area contributed by atoms with Crippen LogP contribution in [0.3, 0.4) is 0 Å². The zero-order valence-electron chi connectivity index (χ0n) is 9.79. The average molecular weight is 205 g/mol. The minimum atomic E-state index is 0.326. The average Bonchev–Trinajstić information content (AvgIpc) is 2.74. The monoisotopic (exact) mass is 205 g/mol. The van der Waals surface area contributed by atoms with Crippen LogP contribution in [0.4, 0.5) is 0 Å². The van der Waals surface area contributed by atoms with Crippen LogP contribution in [0.15, 0.2) is 17.6 Å². The fraction of sp³-hybridized carbons (Fsp3) is 0.769. The Hall–Kier alpha value is -0.790. The van der Waals surface area contributed by atoms with Crippen LogP contribution in [0.25, 0.3) is 0 Å². The third-order valence-corrected chi connectivity index (χ3v) is 5.43. The van der Waals surface area contributed by atoms with E-state index >= 15 is 0 Å². The van der Waals surface area contributed by atoms with E-state index in [4.69, 9.17) is 9.73 Å². The van der Waals surface area contributed by atoms with Gasteiger partial charge in [-0.3, -0.25) is 0 Å². The summed E-state index contributed by atoms with van der Waals surface area (Å²) in [5.74, 6) is 1.44. The molecule has 0 N–H and O–H groups in total. The molecule has 3 rings (SSSR count). The molecule has 3 aliphatic rings. The summed E-state index contributed by atoms with van der Waals surface area (Å²) in [7, 11) is 0. The summed E-state index contributed by atoms with van der Waals surface area (Å²) < 4.78 is 5.90. The van der Waals surface area contributed by atoms with Crippen LogP contribution >= 0.6 is 0 Å². The van der Waals surface area contributed by atoms with E-state index in [2.05, 4.69) is 27.4 Å². The largest absolute Gasteiger partial charge is 0.472 e. The second-order valence-corrected chi connectivity index (χ2v) is 5.98. The molecule has 0 aromatic rings. The van der Waals surface area contributed by atoms with Crippen molar-refractivity contribution in [3.8, 4) is 0 Å². The molecular weight excluding hydrogens is 186 g/mol. The first-order chi connectivity index (χ1) is 7.00. The molecule has 4 atom stereocenters. The van der Waals surface area contributed by atoms with Crippen molar-refractivity contribution < 1.29 is 4.74 Å². The van der Waals surface area contributed by atoms with Crippen LogP contribution < -0.4 is 0 Å². The number of rotatable bonds is 1. The Balaban J connectivity index is 2.06. The molecule has 2 nitrogen and oxygen atoms in total. The van der Waals surface area contributed by atoms with E-state index in [1.165, 1.54) is 12.8 Å². The summed E-state index contributed by atoms with van der Waals surface area (Å²) >= 11 is 0. The Labute approximate surface area is 91.4 Å². The van der Waals surface area contributed by atoms with Crippen LogP contribution in [0.2, 0.25) is 0 Å². The van der Waals surface area contributed by atoms with Crippen molar-refractivity contribution >= 4 is 5.90 Å². The normalized spacial score (nSPS) is 49.8. The lowest BCUT2D eigenvalue weighted by atomic mass is 9.69. The fourth-order valence-electron chi connectivity index (χ4n) is 4.02. The van der Waals surface area contributed by atoms with E-state index < -0.39 is 0 Å². The van der Waals surface area contributed by atoms with Gasteiger partial charge in [0.1, 0.15) is 6.10 Å². The number of ether oxygens (including phenoxy) is 1. The van der Waals surface area contributed by atoms with Crippen molar-refractivity contribution in [1.82, 2.24) is 0 Å². The predicted molar refractivity (Wildman–Crippen MR) is 60.9 cm³/mol. The maximum absolute atomic E-state index is 5.90. The number of fused-ring (bicyclic) bond motifs is 5. The SMILES string of the molecule is C=CC1=N[C@@H]2[C@H](O1)[C@H]1CC[C@]2(C)C1(C)C. The van der Waals surface area contributed by atoms with E-state index in [0.717, 1.165) is 5.90 Å². The standard InChI is InChI=1S/C13H19NO/c1-5-9-14-11-10(15-9)8-6-7-13(11,4)12(8,2)3/h5,8,10-11H,1,6-7H2,2-4H3/t8-,10-,11-,13+/m1/s1. The molecule has 0 unspecified atom stereocenters. The zero-order chi connectivity index (χ0) is 10.8. The van der Waals surface area contributed by atoms with Crippen molar-refractivity contribution in [3.63, 3.8) is 0 Å². The van der Waals surface area contributed by atoms with Crippen LogP contribution in [0.1, 0.15) is 33.6 Å². The summed E-state index contributed by atoms with van der Waals surface area (Å²) in [5, 5.41) is 0. The van der Waals surface area contributed by atoms with Gasteiger partial charge >= 0.3 is 0 Å². The molecule has 2 saturated carbocycles. The zero-order valence-corrected chi connectivity index (χ0v) is 9.79. The molecule has 0 aromatic carbocycles. The van der Waals surface area contributed by atoms with Gasteiger partial charge in [-0.2, -0.15) is 0 Å². The molecule has 0 amide bonds. The van der Waals surface area contributed by atoms with Gasteiger partial charge in [0.15, 0.2) is 0 Å². The third-order valence-electron chi connectivity index (χ3n) is 5.43. The Kier molecular flexibility index (Phi) is 1.56. The van der Waals surface area contributed by atoms with Gasteiger partial charge in [-0.05, 0) is 29.7 Å². The molecule has 2 fully saturated rings. The van der Waals surface area contributed by atoms with Gasteiger partial charge in [0.2, 0.25) is 5.90 Å². The highest BCUT2D eigenvalue weighted by atomic mass is 16.5. The van der Waals surface area contributed by atoms with E-state index in [9.17, 15) is 0 Å². The van der Waals surface area contributed by atoms with Crippen LogP contribution in [0, 0.1) is 16.7 Å². The lowest BCUT2D eigenvalue weighted by Gasteiger charge is -2.36. The van der Waals surface area contributed by atoms with Gasteiger partial charge in [0, 0.05) is 5.92 Å². The number of hydrogen-bond donors (Lipinski definition) is 0. The van der Waals surface area contributed by atoms with Gasteiger partial charge in [0.05, 0.1) is 6.04 Å². The molecule has 0 saturated heterocycles. The van der Waals surface area contributed by atoms with Crippen molar-refractivity contribution in [2.75, 3.05) is 0 Å².